The van der Waals surface area contributed by atoms with Gasteiger partial charge in [0.05, 0.1) is 23.1 Å². The molecule has 3 heterocycles. The van der Waals surface area contributed by atoms with Crippen molar-refractivity contribution < 1.29 is 4.79 Å². The molecule has 2 atom stereocenters. The molecule has 0 bridgehead atoms. The average Bonchev–Trinajstić information content (AvgIpc) is 3.24. The van der Waals surface area contributed by atoms with Crippen molar-refractivity contribution in [3.05, 3.63) is 35.4 Å². The Bertz CT molecular complexity index is 741. The Kier molecular flexibility index (Phi) is 3.74. The van der Waals surface area contributed by atoms with Crippen LogP contribution in [0.5, 0.6) is 0 Å². The van der Waals surface area contributed by atoms with E-state index in [4.69, 9.17) is 5.73 Å². The van der Waals surface area contributed by atoms with E-state index in [1.54, 1.807) is 0 Å². The molecule has 3 aliphatic rings. The summed E-state index contributed by atoms with van der Waals surface area (Å²) in [5.41, 5.74) is 19.9. The van der Waals surface area contributed by atoms with Gasteiger partial charge in [-0.15, -0.1) is 0 Å². The van der Waals surface area contributed by atoms with Gasteiger partial charge in [-0.3, -0.25) is 4.79 Å². The minimum Gasteiger partial charge on any atom is -0.330 e. The first-order valence-electron chi connectivity index (χ1n) is 8.39. The Hall–Kier alpha value is -2.38. The monoisotopic (exact) mass is 326 g/mol. The number of nitrogens with one attached hydrogen (secondary N) is 3. The number of fused-ring (bicyclic) bond motifs is 3. The number of rotatable bonds is 4. The zero-order chi connectivity index (χ0) is 16.7. The van der Waals surface area contributed by atoms with Gasteiger partial charge in [-0.25, -0.2) is 5.43 Å². The Morgan fingerprint density at radius 2 is 2.29 bits per heavy atom. The highest BCUT2D eigenvalue weighted by Crippen LogP contribution is 2.36. The van der Waals surface area contributed by atoms with Crippen molar-refractivity contribution in [2.45, 2.75) is 19.4 Å². The standard InChI is InChI=1S/C17H22N6O/c1-10-15-16(22-20-10)12-9-11(13-5-7-19-21-13)3-4-14(12)23(17(15)24)8-2-6-18/h3-5,9-10,15,19-21H,2,6-8,18H2,1H3. The third-order valence-corrected chi connectivity index (χ3v) is 4.81. The van der Waals surface area contributed by atoms with E-state index in [2.05, 4.69) is 33.5 Å². The number of nitrogens with two attached hydrogens (primary N) is 1. The van der Waals surface area contributed by atoms with E-state index >= 15 is 0 Å². The number of nitrogens with zero attached hydrogens (tertiary/aromatic N) is 2. The minimum atomic E-state index is -0.228. The Balaban J connectivity index is 1.79. The van der Waals surface area contributed by atoms with Crippen molar-refractivity contribution >= 4 is 23.0 Å². The van der Waals surface area contributed by atoms with Crippen LogP contribution in [0.4, 0.5) is 5.69 Å². The Morgan fingerprint density at radius 1 is 1.42 bits per heavy atom. The molecule has 2 unspecified atom stereocenters. The number of hydrogen-bond donors (Lipinski definition) is 4. The van der Waals surface area contributed by atoms with Gasteiger partial charge in [0.15, 0.2) is 0 Å². The van der Waals surface area contributed by atoms with E-state index in [1.807, 2.05) is 24.0 Å². The summed E-state index contributed by atoms with van der Waals surface area (Å²) in [4.78, 5) is 14.8. The van der Waals surface area contributed by atoms with Crippen molar-refractivity contribution in [3.63, 3.8) is 0 Å². The third-order valence-electron chi connectivity index (χ3n) is 4.81. The van der Waals surface area contributed by atoms with E-state index in [9.17, 15) is 4.79 Å². The summed E-state index contributed by atoms with van der Waals surface area (Å²) in [6, 6.07) is 6.19. The lowest BCUT2D eigenvalue weighted by atomic mass is 9.85. The molecule has 1 aromatic carbocycles. The molecule has 7 heteroatoms. The molecule has 7 nitrogen and oxygen atoms in total. The normalized spacial score (nSPS) is 24.8. The zero-order valence-corrected chi connectivity index (χ0v) is 13.7. The summed E-state index contributed by atoms with van der Waals surface area (Å²) in [7, 11) is 0. The van der Waals surface area contributed by atoms with Crippen LogP contribution in [0.2, 0.25) is 0 Å². The second-order valence-electron chi connectivity index (χ2n) is 6.38. The fourth-order valence-corrected chi connectivity index (χ4v) is 3.56. The second kappa shape index (κ2) is 5.92. The number of amides is 1. The average molecular weight is 326 g/mol. The molecule has 5 N–H and O–H groups in total. The molecular weight excluding hydrogens is 304 g/mol. The molecule has 0 radical (unpaired) electrons. The Morgan fingerprint density at radius 3 is 3.04 bits per heavy atom. The van der Waals surface area contributed by atoms with Gasteiger partial charge >= 0.3 is 0 Å². The molecule has 0 aromatic heterocycles. The first-order chi connectivity index (χ1) is 11.7. The fraction of sp³-hybridized carbons (Fsp3) is 0.412. The largest absolute Gasteiger partial charge is 0.330 e. The van der Waals surface area contributed by atoms with Crippen LogP contribution in [-0.4, -0.2) is 37.3 Å². The Labute approximate surface area is 140 Å². The quantitative estimate of drug-likeness (QED) is 0.631. The topological polar surface area (TPSA) is 94.8 Å². The number of carbonyl (C=O) groups is 1. The van der Waals surface area contributed by atoms with Gasteiger partial charge in [0.25, 0.3) is 0 Å². The molecule has 4 rings (SSSR count). The number of benzene rings is 1. The lowest BCUT2D eigenvalue weighted by Crippen LogP contribution is -2.48. The highest BCUT2D eigenvalue weighted by atomic mass is 16.2. The van der Waals surface area contributed by atoms with E-state index in [-0.39, 0.29) is 17.9 Å². The van der Waals surface area contributed by atoms with Crippen LogP contribution in [-0.2, 0) is 4.79 Å². The molecule has 1 aromatic rings. The van der Waals surface area contributed by atoms with Crippen molar-refractivity contribution in [2.24, 2.45) is 16.8 Å². The molecule has 0 aliphatic carbocycles. The lowest BCUT2D eigenvalue weighted by Gasteiger charge is -2.34. The van der Waals surface area contributed by atoms with Crippen LogP contribution < -0.4 is 26.9 Å². The van der Waals surface area contributed by atoms with Crippen LogP contribution in [0, 0.1) is 5.92 Å². The van der Waals surface area contributed by atoms with Gasteiger partial charge in [0.2, 0.25) is 5.91 Å². The maximum absolute atomic E-state index is 13.0. The molecule has 0 saturated carbocycles. The van der Waals surface area contributed by atoms with Crippen molar-refractivity contribution in [1.29, 1.82) is 0 Å². The van der Waals surface area contributed by atoms with Crippen LogP contribution in [0.15, 0.2) is 29.4 Å². The highest BCUT2D eigenvalue weighted by Gasteiger charge is 2.43. The number of hydrogen-bond acceptors (Lipinski definition) is 6. The lowest BCUT2D eigenvalue weighted by molar-refractivity contribution is -0.121. The summed E-state index contributed by atoms with van der Waals surface area (Å²) in [5.74, 6) is -0.117. The zero-order valence-electron chi connectivity index (χ0n) is 13.7. The first-order valence-corrected chi connectivity index (χ1v) is 8.39. The molecule has 0 fully saturated rings. The predicted molar refractivity (Wildman–Crippen MR) is 94.2 cm³/mol. The van der Waals surface area contributed by atoms with Crippen LogP contribution in [0.25, 0.3) is 5.70 Å². The van der Waals surface area contributed by atoms with Crippen LogP contribution in [0.1, 0.15) is 24.5 Å². The maximum Gasteiger partial charge on any atom is 0.238 e. The van der Waals surface area contributed by atoms with E-state index in [1.165, 1.54) is 0 Å². The van der Waals surface area contributed by atoms with Gasteiger partial charge in [0, 0.05) is 18.7 Å². The summed E-state index contributed by atoms with van der Waals surface area (Å²) in [6.07, 6.45) is 2.89. The molecule has 0 saturated heterocycles. The van der Waals surface area contributed by atoms with E-state index in [0.717, 1.165) is 41.2 Å². The van der Waals surface area contributed by atoms with Crippen molar-refractivity contribution in [2.75, 3.05) is 24.5 Å². The van der Waals surface area contributed by atoms with Crippen LogP contribution in [0.3, 0.4) is 0 Å². The molecule has 0 spiro atoms. The summed E-state index contributed by atoms with van der Waals surface area (Å²) >= 11 is 0. The summed E-state index contributed by atoms with van der Waals surface area (Å²) in [6.45, 7) is 4.01. The SMILES string of the molecule is CC1NN=C2c3cc(C4=CCNN4)ccc3N(CCCN)C(=O)C21. The predicted octanol–water partition coefficient (Wildman–Crippen LogP) is 0.143. The van der Waals surface area contributed by atoms with E-state index in [0.29, 0.717) is 13.1 Å². The second-order valence-corrected chi connectivity index (χ2v) is 6.38. The van der Waals surface area contributed by atoms with Crippen LogP contribution >= 0.6 is 0 Å². The molecule has 126 valence electrons. The number of hydrazone groups is 1. The van der Waals surface area contributed by atoms with Crippen molar-refractivity contribution in [1.82, 2.24) is 16.3 Å². The number of anilines is 1. The molecule has 1 amide bonds. The van der Waals surface area contributed by atoms with Crippen molar-refractivity contribution in [3.8, 4) is 0 Å². The summed E-state index contributed by atoms with van der Waals surface area (Å²) < 4.78 is 0. The summed E-state index contributed by atoms with van der Waals surface area (Å²) in [5, 5.41) is 4.45. The van der Waals surface area contributed by atoms with Gasteiger partial charge in [-0.2, -0.15) is 5.10 Å². The molecular formula is C17H22N6O. The fourth-order valence-electron chi connectivity index (χ4n) is 3.56. The third kappa shape index (κ3) is 2.28. The van der Waals surface area contributed by atoms with Gasteiger partial charge in [-0.1, -0.05) is 6.07 Å². The minimum absolute atomic E-state index is 0.00942. The smallest absolute Gasteiger partial charge is 0.238 e. The number of hydrazine groups is 1. The van der Waals surface area contributed by atoms with E-state index < -0.39 is 0 Å². The maximum atomic E-state index is 13.0. The van der Waals surface area contributed by atoms with Gasteiger partial charge in [0.1, 0.15) is 5.92 Å². The molecule has 24 heavy (non-hydrogen) atoms. The van der Waals surface area contributed by atoms with Gasteiger partial charge < -0.3 is 21.5 Å². The van der Waals surface area contributed by atoms with Gasteiger partial charge in [-0.05, 0) is 43.7 Å². The highest BCUT2D eigenvalue weighted by molar-refractivity contribution is 6.25. The number of carbonyl (C=O) groups excluding carboxylic acids is 1. The first kappa shape index (κ1) is 15.2. The molecule has 3 aliphatic heterocycles.